The van der Waals surface area contributed by atoms with Crippen molar-refractivity contribution in [3.63, 3.8) is 0 Å². The molecule has 0 saturated heterocycles. The van der Waals surface area contributed by atoms with Gasteiger partial charge < -0.3 is 20.4 Å². The first-order valence-electron chi connectivity index (χ1n) is 11.0. The Morgan fingerprint density at radius 2 is 1.76 bits per heavy atom. The fourth-order valence-corrected chi connectivity index (χ4v) is 3.81. The zero-order chi connectivity index (χ0) is 23.9. The molecule has 4 rings (SSSR count). The van der Waals surface area contributed by atoms with E-state index in [1.54, 1.807) is 36.4 Å². The Hall–Kier alpha value is -4.17. The van der Waals surface area contributed by atoms with E-state index in [0.29, 0.717) is 23.7 Å². The molecule has 1 aliphatic heterocycles. The first-order valence-corrected chi connectivity index (χ1v) is 11.0. The number of hydroxylamine groups is 1. The number of benzene rings is 3. The van der Waals surface area contributed by atoms with Gasteiger partial charge in [0.1, 0.15) is 0 Å². The number of rotatable bonds is 7. The van der Waals surface area contributed by atoms with Crippen molar-refractivity contribution in [1.82, 2.24) is 10.8 Å². The fraction of sp³-hybridized carbons (Fsp3) is 0.192. The average molecular weight is 459 g/mol. The Morgan fingerprint density at radius 1 is 1.00 bits per heavy atom. The molecule has 0 spiro atoms. The molecule has 3 aromatic carbocycles. The summed E-state index contributed by atoms with van der Waals surface area (Å²) in [5.74, 6) is -0.391. The van der Waals surface area contributed by atoms with E-state index in [9.17, 15) is 14.4 Å². The summed E-state index contributed by atoms with van der Waals surface area (Å²) >= 11 is 0. The molecular weight excluding hydrogens is 432 g/mol. The number of anilines is 2. The van der Waals surface area contributed by atoms with Crippen LogP contribution in [0.1, 0.15) is 17.0 Å². The quantitative estimate of drug-likeness (QED) is 0.504. The number of para-hydroxylation sites is 2. The highest BCUT2D eigenvalue weighted by Crippen LogP contribution is 2.30. The summed E-state index contributed by atoms with van der Waals surface area (Å²) in [5, 5.41) is 5.29. The van der Waals surface area contributed by atoms with Gasteiger partial charge in [0.2, 0.25) is 5.91 Å². The van der Waals surface area contributed by atoms with Crippen molar-refractivity contribution >= 4 is 29.1 Å². The Morgan fingerprint density at radius 3 is 2.56 bits per heavy atom. The van der Waals surface area contributed by atoms with Gasteiger partial charge in [-0.05, 0) is 42.8 Å². The molecule has 0 radical (unpaired) electrons. The minimum Gasteiger partial charge on any atom is -0.408 e. The Kier molecular flexibility index (Phi) is 7.19. The number of nitrogens with zero attached hydrogens (tertiary/aromatic N) is 1. The standard InChI is InChI=1S/C26H26N4O4/c1-18-8-7-9-19(14-18)29-26(33)27-16-25(32)30(20-10-3-2-4-11-20)17-23(31)22-15-28-34-24-13-6-5-12-21(22)24/h2-14,22,28H,15-17H2,1H3,(H2,27,29,33). The number of carbonyl (C=O) groups excluding carboxylic acids is 3. The first kappa shape index (κ1) is 23.0. The van der Waals surface area contributed by atoms with Gasteiger partial charge in [-0.15, -0.1) is 0 Å². The minimum atomic E-state index is -0.499. The lowest BCUT2D eigenvalue weighted by Gasteiger charge is -2.28. The molecule has 8 heteroatoms. The van der Waals surface area contributed by atoms with Crippen LogP contribution in [-0.4, -0.2) is 37.4 Å². The summed E-state index contributed by atoms with van der Waals surface area (Å²) in [7, 11) is 0. The third-order valence-corrected chi connectivity index (χ3v) is 5.51. The lowest BCUT2D eigenvalue weighted by atomic mass is 9.92. The number of hydrogen-bond donors (Lipinski definition) is 3. The predicted molar refractivity (Wildman–Crippen MR) is 130 cm³/mol. The number of carbonyl (C=O) groups is 3. The van der Waals surface area contributed by atoms with Crippen LogP contribution in [-0.2, 0) is 9.59 Å². The van der Waals surface area contributed by atoms with Crippen LogP contribution in [0.25, 0.3) is 0 Å². The van der Waals surface area contributed by atoms with Gasteiger partial charge in [0.25, 0.3) is 0 Å². The van der Waals surface area contributed by atoms with Crippen molar-refractivity contribution in [1.29, 1.82) is 0 Å². The number of fused-ring (bicyclic) bond motifs is 1. The second-order valence-electron chi connectivity index (χ2n) is 8.00. The number of ketones is 1. The zero-order valence-corrected chi connectivity index (χ0v) is 18.8. The van der Waals surface area contributed by atoms with Gasteiger partial charge in [-0.2, -0.15) is 5.48 Å². The van der Waals surface area contributed by atoms with Crippen molar-refractivity contribution in [3.05, 3.63) is 90.0 Å². The molecule has 3 aromatic rings. The lowest BCUT2D eigenvalue weighted by Crippen LogP contribution is -2.46. The maximum atomic E-state index is 13.3. The summed E-state index contributed by atoms with van der Waals surface area (Å²) < 4.78 is 0. The number of nitrogens with one attached hydrogen (secondary N) is 3. The molecule has 0 fully saturated rings. The third-order valence-electron chi connectivity index (χ3n) is 5.51. The van der Waals surface area contributed by atoms with Crippen LogP contribution in [0.4, 0.5) is 16.2 Å². The van der Waals surface area contributed by atoms with Crippen molar-refractivity contribution in [3.8, 4) is 5.75 Å². The molecule has 1 unspecified atom stereocenters. The number of hydrogen-bond acceptors (Lipinski definition) is 5. The highest BCUT2D eigenvalue weighted by Gasteiger charge is 2.30. The van der Waals surface area contributed by atoms with E-state index in [-0.39, 0.29) is 18.9 Å². The second-order valence-corrected chi connectivity index (χ2v) is 8.00. The highest BCUT2D eigenvalue weighted by atomic mass is 16.6. The maximum absolute atomic E-state index is 13.3. The zero-order valence-electron chi connectivity index (χ0n) is 18.8. The summed E-state index contributed by atoms with van der Waals surface area (Å²) in [5.41, 5.74) is 5.79. The molecule has 34 heavy (non-hydrogen) atoms. The Labute approximate surface area is 197 Å². The summed E-state index contributed by atoms with van der Waals surface area (Å²) in [4.78, 5) is 45.5. The van der Waals surface area contributed by atoms with Crippen molar-refractivity contribution < 1.29 is 19.2 Å². The maximum Gasteiger partial charge on any atom is 0.319 e. The van der Waals surface area contributed by atoms with Crippen molar-refractivity contribution in [2.45, 2.75) is 12.8 Å². The molecule has 3 N–H and O–H groups in total. The van der Waals surface area contributed by atoms with E-state index < -0.39 is 17.9 Å². The fourth-order valence-electron chi connectivity index (χ4n) is 3.81. The average Bonchev–Trinajstić information content (AvgIpc) is 2.86. The molecule has 0 bridgehead atoms. The van der Waals surface area contributed by atoms with Gasteiger partial charge in [0.15, 0.2) is 11.5 Å². The van der Waals surface area contributed by atoms with Crippen LogP contribution in [0.3, 0.4) is 0 Å². The Balaban J connectivity index is 1.44. The second kappa shape index (κ2) is 10.6. The summed E-state index contributed by atoms with van der Waals surface area (Å²) in [6.07, 6.45) is 0. The van der Waals surface area contributed by atoms with Gasteiger partial charge in [-0.25, -0.2) is 4.79 Å². The summed E-state index contributed by atoms with van der Waals surface area (Å²) in [6, 6.07) is 23.1. The van der Waals surface area contributed by atoms with Gasteiger partial charge in [0.05, 0.1) is 19.0 Å². The minimum absolute atomic E-state index is 0.134. The van der Waals surface area contributed by atoms with Crippen molar-refractivity contribution in [2.75, 3.05) is 29.9 Å². The number of amides is 3. The van der Waals surface area contributed by atoms with E-state index >= 15 is 0 Å². The smallest absolute Gasteiger partial charge is 0.319 e. The van der Waals surface area contributed by atoms with Gasteiger partial charge in [-0.1, -0.05) is 48.5 Å². The van der Waals surface area contributed by atoms with Gasteiger partial charge in [-0.3, -0.25) is 9.59 Å². The van der Waals surface area contributed by atoms with Crippen molar-refractivity contribution in [2.24, 2.45) is 0 Å². The largest absolute Gasteiger partial charge is 0.408 e. The van der Waals surface area contributed by atoms with E-state index in [4.69, 9.17) is 4.84 Å². The Bertz CT molecular complexity index is 1180. The van der Waals surface area contributed by atoms with Crippen LogP contribution in [0, 0.1) is 6.92 Å². The van der Waals surface area contributed by atoms with E-state index in [0.717, 1.165) is 11.1 Å². The molecule has 1 aliphatic rings. The molecule has 1 heterocycles. The number of urea groups is 1. The first-order chi connectivity index (χ1) is 16.5. The molecule has 174 valence electrons. The predicted octanol–water partition coefficient (Wildman–Crippen LogP) is 3.40. The molecule has 0 aromatic heterocycles. The van der Waals surface area contributed by atoms with Gasteiger partial charge in [0, 0.05) is 23.5 Å². The van der Waals surface area contributed by atoms with E-state index in [1.807, 2.05) is 49.4 Å². The van der Waals surface area contributed by atoms with E-state index in [1.165, 1.54) is 4.90 Å². The van der Waals surface area contributed by atoms with Crippen LogP contribution >= 0.6 is 0 Å². The molecule has 8 nitrogen and oxygen atoms in total. The van der Waals surface area contributed by atoms with Crippen LogP contribution in [0.15, 0.2) is 78.9 Å². The molecule has 3 amide bonds. The topological polar surface area (TPSA) is 99.8 Å². The normalized spacial score (nSPS) is 14.3. The monoisotopic (exact) mass is 458 g/mol. The highest BCUT2D eigenvalue weighted by molar-refractivity contribution is 6.03. The molecule has 0 saturated carbocycles. The number of aryl methyl sites for hydroxylation is 1. The van der Waals surface area contributed by atoms with E-state index in [2.05, 4.69) is 16.1 Å². The molecule has 1 atom stereocenters. The van der Waals surface area contributed by atoms with Crippen LogP contribution in [0.2, 0.25) is 0 Å². The number of Topliss-reactive ketones (excluding diaryl/α,β-unsaturated/α-hetero) is 1. The molecular formula is C26H26N4O4. The molecule has 0 aliphatic carbocycles. The lowest BCUT2D eigenvalue weighted by molar-refractivity contribution is -0.123. The van der Waals surface area contributed by atoms with Gasteiger partial charge >= 0.3 is 6.03 Å². The SMILES string of the molecule is Cc1cccc(NC(=O)NCC(=O)N(CC(=O)C2CNOc3ccccc32)c2ccccc2)c1. The third kappa shape index (κ3) is 5.60. The summed E-state index contributed by atoms with van der Waals surface area (Å²) in [6.45, 7) is 1.84. The van der Waals surface area contributed by atoms with Crippen LogP contribution < -0.4 is 25.9 Å². The van der Waals surface area contributed by atoms with Crippen LogP contribution in [0.5, 0.6) is 5.75 Å².